The molecule has 3 aromatic rings. The van der Waals surface area contributed by atoms with Gasteiger partial charge >= 0.3 is 0 Å². The number of ketones is 1. The number of carbonyl (C=O) groups excluding carboxylic acids is 1. The summed E-state index contributed by atoms with van der Waals surface area (Å²) >= 11 is 0. The average molecular weight is 587 g/mol. The largest absolute Gasteiger partial charge is 0.512 e. The zero-order chi connectivity index (χ0) is 21.7. The van der Waals surface area contributed by atoms with E-state index in [-0.39, 0.29) is 37.1 Å². The normalized spacial score (nSPS) is 11.9. The number of allylic oxidation sites excluding steroid dienone is 2. The summed E-state index contributed by atoms with van der Waals surface area (Å²) in [7, 11) is 0. The fraction of sp³-hybridized carbons (Fsp3) is 0.333. The monoisotopic (exact) mass is 587 g/mol. The van der Waals surface area contributed by atoms with E-state index < -0.39 is 5.41 Å². The Morgan fingerprint density at radius 1 is 1.13 bits per heavy atom. The summed E-state index contributed by atoms with van der Waals surface area (Å²) in [5, 5.41) is 10.5. The van der Waals surface area contributed by atoms with Crippen LogP contribution in [-0.2, 0) is 24.9 Å². The predicted molar refractivity (Wildman–Crippen MR) is 114 cm³/mol. The first-order valence-corrected chi connectivity index (χ1v) is 9.40. The predicted octanol–water partition coefficient (Wildman–Crippen LogP) is 6.51. The van der Waals surface area contributed by atoms with Gasteiger partial charge in [0.25, 0.3) is 0 Å². The van der Waals surface area contributed by atoms with Crippen molar-refractivity contribution in [3.63, 3.8) is 0 Å². The number of benzene rings is 1. The van der Waals surface area contributed by atoms with Crippen molar-refractivity contribution >= 4 is 16.8 Å². The van der Waals surface area contributed by atoms with Crippen LogP contribution in [0.25, 0.3) is 11.0 Å². The first kappa shape index (κ1) is 25.6. The van der Waals surface area contributed by atoms with Crippen LogP contribution in [0.1, 0.15) is 41.5 Å². The quantitative estimate of drug-likeness (QED) is 0.215. The molecule has 3 rings (SSSR count). The third-order valence-corrected chi connectivity index (χ3v) is 3.98. The number of aromatic nitrogens is 1. The van der Waals surface area contributed by atoms with Gasteiger partial charge in [-0.1, -0.05) is 41.5 Å². The summed E-state index contributed by atoms with van der Waals surface area (Å²) < 4.78 is 10.8. The van der Waals surface area contributed by atoms with Crippen molar-refractivity contribution in [1.82, 2.24) is 4.98 Å². The number of hydrogen-bond donors (Lipinski definition) is 1. The number of nitrogens with zero attached hydrogens (tertiary/aromatic N) is 1. The van der Waals surface area contributed by atoms with Gasteiger partial charge in [0.2, 0.25) is 5.88 Å². The molecular formula is C24H28IrNO4-. The second kappa shape index (κ2) is 10.6. The maximum absolute atomic E-state index is 11.5. The smallest absolute Gasteiger partial charge is 0.220 e. The van der Waals surface area contributed by atoms with Crippen molar-refractivity contribution in [2.45, 2.75) is 41.5 Å². The Balaban J connectivity index is 0.000000299. The molecule has 0 fully saturated rings. The van der Waals surface area contributed by atoms with E-state index >= 15 is 0 Å². The molecule has 0 atom stereocenters. The first-order chi connectivity index (χ1) is 13.5. The van der Waals surface area contributed by atoms with Crippen molar-refractivity contribution in [3.8, 4) is 11.6 Å². The van der Waals surface area contributed by atoms with Crippen LogP contribution >= 0.6 is 0 Å². The molecule has 6 heteroatoms. The number of hydrogen-bond acceptors (Lipinski definition) is 5. The summed E-state index contributed by atoms with van der Waals surface area (Å²) in [6.07, 6.45) is 4.68. The van der Waals surface area contributed by atoms with Gasteiger partial charge in [-0.3, -0.25) is 4.79 Å². The molecule has 0 amide bonds. The zero-order valence-corrected chi connectivity index (χ0v) is 20.5. The Morgan fingerprint density at radius 2 is 1.83 bits per heavy atom. The minimum Gasteiger partial charge on any atom is -0.512 e. The summed E-state index contributed by atoms with van der Waals surface area (Å²) in [6, 6.07) is 14.0. The van der Waals surface area contributed by atoms with Crippen molar-refractivity contribution in [1.29, 1.82) is 0 Å². The molecule has 30 heavy (non-hydrogen) atoms. The van der Waals surface area contributed by atoms with E-state index in [1.807, 2.05) is 65.8 Å². The van der Waals surface area contributed by atoms with Crippen LogP contribution < -0.4 is 4.74 Å². The van der Waals surface area contributed by atoms with Crippen molar-refractivity contribution < 1.29 is 39.2 Å². The van der Waals surface area contributed by atoms with E-state index in [0.29, 0.717) is 11.6 Å². The second-order valence-electron chi connectivity index (χ2n) is 8.70. The minimum atomic E-state index is -0.417. The van der Waals surface area contributed by atoms with E-state index in [1.165, 1.54) is 6.08 Å². The maximum Gasteiger partial charge on any atom is 0.220 e. The van der Waals surface area contributed by atoms with Crippen molar-refractivity contribution in [2.24, 2.45) is 10.8 Å². The van der Waals surface area contributed by atoms with Crippen LogP contribution in [0.5, 0.6) is 11.6 Å². The number of ether oxygens (including phenoxy) is 1. The van der Waals surface area contributed by atoms with Gasteiger partial charge in [-0.25, -0.2) is 4.98 Å². The fourth-order valence-electron chi connectivity index (χ4n) is 2.00. The number of aliphatic hydroxyl groups is 1. The molecule has 0 aliphatic heterocycles. The average Bonchev–Trinajstić information content (AvgIpc) is 3.09. The molecule has 0 aliphatic rings. The Morgan fingerprint density at radius 3 is 2.40 bits per heavy atom. The van der Waals surface area contributed by atoms with E-state index in [0.717, 1.165) is 11.0 Å². The van der Waals surface area contributed by atoms with E-state index in [9.17, 15) is 9.90 Å². The molecule has 0 aliphatic carbocycles. The van der Waals surface area contributed by atoms with Crippen molar-refractivity contribution in [3.05, 3.63) is 66.8 Å². The zero-order valence-electron chi connectivity index (χ0n) is 18.1. The fourth-order valence-corrected chi connectivity index (χ4v) is 2.00. The minimum absolute atomic E-state index is 0. The van der Waals surface area contributed by atoms with Gasteiger partial charge in [0.15, 0.2) is 5.78 Å². The standard InChI is InChI=1S/C13H8NO2.C11H20O2.Ir/c1-2-4-11(5-3-1)16-13-8-12-10(9-14-13)6-7-15-12;1-10(2,3)8(12)7-9(13)11(4,5)6;/h1-4,6-9H;7,12H,1-6H3;/q-1;;/b;8-7-;. The van der Waals surface area contributed by atoms with Crippen LogP contribution in [-0.4, -0.2) is 15.9 Å². The molecule has 1 radical (unpaired) electrons. The molecule has 0 spiro atoms. The Bertz CT molecular complexity index is 980. The molecule has 5 nitrogen and oxygen atoms in total. The Kier molecular flexibility index (Phi) is 9.01. The second-order valence-corrected chi connectivity index (χ2v) is 8.70. The maximum atomic E-state index is 11.5. The molecule has 0 bridgehead atoms. The number of para-hydroxylation sites is 1. The molecule has 2 heterocycles. The number of carbonyl (C=O) groups is 1. The summed E-state index contributed by atoms with van der Waals surface area (Å²) in [6.45, 7) is 11.1. The van der Waals surface area contributed by atoms with Crippen LogP contribution in [0, 0.1) is 16.9 Å². The SMILES string of the molecule is CC(C)(C)C(=O)/C=C(\O)C(C)(C)C.[Ir].[c-]1ccccc1Oc1cc2occc2cn1. The number of rotatable bonds is 3. The Hall–Kier alpha value is -2.43. The van der Waals surface area contributed by atoms with Crippen LogP contribution in [0.3, 0.4) is 0 Å². The van der Waals surface area contributed by atoms with E-state index in [4.69, 9.17) is 9.15 Å². The molecule has 2 aromatic heterocycles. The number of aliphatic hydroxyl groups excluding tert-OH is 1. The molecule has 0 saturated carbocycles. The molecule has 163 valence electrons. The third kappa shape index (κ3) is 7.77. The van der Waals surface area contributed by atoms with Gasteiger partial charge in [0, 0.05) is 60.4 Å². The third-order valence-electron chi connectivity index (χ3n) is 3.98. The molecule has 1 N–H and O–H groups in total. The molecular weight excluding hydrogens is 558 g/mol. The summed E-state index contributed by atoms with van der Waals surface area (Å²) in [4.78, 5) is 15.7. The first-order valence-electron chi connectivity index (χ1n) is 9.40. The molecule has 1 aromatic carbocycles. The number of pyridine rings is 1. The van der Waals surface area contributed by atoms with Gasteiger partial charge in [0.1, 0.15) is 11.3 Å². The summed E-state index contributed by atoms with van der Waals surface area (Å²) in [5.74, 6) is 1.25. The summed E-state index contributed by atoms with van der Waals surface area (Å²) in [5.41, 5.74) is 0.00100. The Labute approximate surface area is 191 Å². The van der Waals surface area contributed by atoms with E-state index in [1.54, 1.807) is 24.6 Å². The van der Waals surface area contributed by atoms with Gasteiger partial charge in [-0.05, 0) is 6.07 Å². The van der Waals surface area contributed by atoms with Crippen LogP contribution in [0.2, 0.25) is 0 Å². The van der Waals surface area contributed by atoms with Gasteiger partial charge in [0.05, 0.1) is 6.26 Å². The van der Waals surface area contributed by atoms with Gasteiger partial charge in [-0.2, -0.15) is 18.2 Å². The van der Waals surface area contributed by atoms with Gasteiger partial charge in [-0.15, -0.1) is 12.1 Å². The van der Waals surface area contributed by atoms with Crippen LogP contribution in [0.15, 0.2) is 65.1 Å². The molecule has 0 saturated heterocycles. The van der Waals surface area contributed by atoms with Crippen LogP contribution in [0.4, 0.5) is 0 Å². The number of furan rings is 1. The molecule has 0 unspecified atom stereocenters. The van der Waals surface area contributed by atoms with E-state index in [2.05, 4.69) is 11.1 Å². The van der Waals surface area contributed by atoms with Crippen molar-refractivity contribution in [2.75, 3.05) is 0 Å². The number of fused-ring (bicyclic) bond motifs is 1. The topological polar surface area (TPSA) is 72.6 Å². The van der Waals surface area contributed by atoms with Gasteiger partial charge < -0.3 is 14.3 Å².